The van der Waals surface area contributed by atoms with Crippen LogP contribution in [0.2, 0.25) is 5.02 Å². The first-order chi connectivity index (χ1) is 9.28. The number of hydrogen-bond donors (Lipinski definition) is 1. The monoisotopic (exact) mass is 319 g/mol. The molecule has 7 nitrogen and oxygen atoms in total. The quantitative estimate of drug-likeness (QED) is 0.668. The number of nitrogens with zero attached hydrogens (tertiary/aromatic N) is 2. The fourth-order valence-electron chi connectivity index (χ4n) is 2.48. The second-order valence-electron chi connectivity index (χ2n) is 4.71. The average Bonchev–Trinajstić information content (AvgIpc) is 2.74. The molecule has 1 saturated heterocycles. The minimum Gasteiger partial charge on any atom is -0.362 e. The molecule has 1 aromatic carbocycles. The zero-order valence-electron chi connectivity index (χ0n) is 10.5. The van der Waals surface area contributed by atoms with Gasteiger partial charge < -0.3 is 4.90 Å². The highest BCUT2D eigenvalue weighted by Crippen LogP contribution is 2.35. The SMILES string of the molecule is NS(=O)(=O)C[C@@H]1CCCN1c1ccc(Cl)cc1[N+](=O)[O-]. The van der Waals surface area contributed by atoms with Crippen LogP contribution in [-0.4, -0.2) is 31.7 Å². The normalized spacial score (nSPS) is 19.3. The molecule has 110 valence electrons. The molecule has 1 aliphatic heterocycles. The van der Waals surface area contributed by atoms with E-state index in [1.54, 1.807) is 17.0 Å². The Kier molecular flexibility index (Phi) is 4.17. The van der Waals surface area contributed by atoms with Gasteiger partial charge >= 0.3 is 0 Å². The molecule has 9 heteroatoms. The van der Waals surface area contributed by atoms with E-state index in [4.69, 9.17) is 16.7 Å². The molecular weight excluding hydrogens is 306 g/mol. The van der Waals surface area contributed by atoms with Gasteiger partial charge in [0.05, 0.1) is 10.7 Å². The van der Waals surface area contributed by atoms with Crippen LogP contribution in [0.4, 0.5) is 11.4 Å². The molecule has 0 aliphatic carbocycles. The number of nitro benzene ring substituents is 1. The average molecular weight is 320 g/mol. The molecule has 1 aromatic rings. The molecule has 1 fully saturated rings. The Balaban J connectivity index is 2.37. The lowest BCUT2D eigenvalue weighted by Gasteiger charge is -2.25. The molecule has 0 saturated carbocycles. The van der Waals surface area contributed by atoms with E-state index in [0.29, 0.717) is 18.7 Å². The van der Waals surface area contributed by atoms with E-state index in [0.717, 1.165) is 6.42 Å². The summed E-state index contributed by atoms with van der Waals surface area (Å²) in [5.41, 5.74) is 0.254. The van der Waals surface area contributed by atoms with Gasteiger partial charge in [-0.3, -0.25) is 10.1 Å². The molecule has 1 heterocycles. The van der Waals surface area contributed by atoms with Gasteiger partial charge in [0.1, 0.15) is 5.69 Å². The van der Waals surface area contributed by atoms with Crippen molar-refractivity contribution < 1.29 is 13.3 Å². The van der Waals surface area contributed by atoms with Crippen LogP contribution in [-0.2, 0) is 10.0 Å². The van der Waals surface area contributed by atoms with Crippen molar-refractivity contribution in [1.82, 2.24) is 0 Å². The van der Waals surface area contributed by atoms with Gasteiger partial charge in [0.15, 0.2) is 0 Å². The molecule has 1 atom stereocenters. The van der Waals surface area contributed by atoms with Crippen molar-refractivity contribution in [2.75, 3.05) is 17.2 Å². The van der Waals surface area contributed by atoms with Gasteiger partial charge in [-0.2, -0.15) is 0 Å². The predicted octanol–water partition coefficient (Wildman–Crippen LogP) is 1.51. The number of nitro groups is 1. The minimum absolute atomic E-state index is 0.126. The van der Waals surface area contributed by atoms with Crippen LogP contribution < -0.4 is 10.0 Å². The lowest BCUT2D eigenvalue weighted by molar-refractivity contribution is -0.384. The van der Waals surface area contributed by atoms with Gasteiger partial charge in [-0.15, -0.1) is 0 Å². The van der Waals surface area contributed by atoms with Crippen LogP contribution in [0.1, 0.15) is 12.8 Å². The third-order valence-corrected chi connectivity index (χ3v) is 4.33. The predicted molar refractivity (Wildman–Crippen MR) is 76.4 cm³/mol. The molecule has 0 unspecified atom stereocenters. The topological polar surface area (TPSA) is 107 Å². The molecule has 0 radical (unpaired) electrons. The zero-order valence-corrected chi connectivity index (χ0v) is 12.1. The van der Waals surface area contributed by atoms with Crippen LogP contribution in [0.3, 0.4) is 0 Å². The summed E-state index contributed by atoms with van der Waals surface area (Å²) < 4.78 is 22.5. The summed E-state index contributed by atoms with van der Waals surface area (Å²) in [6, 6.07) is 4.02. The number of sulfonamides is 1. The maximum atomic E-state index is 11.2. The first-order valence-electron chi connectivity index (χ1n) is 5.99. The number of halogens is 1. The third kappa shape index (κ3) is 3.38. The van der Waals surface area contributed by atoms with Crippen molar-refractivity contribution >= 4 is 33.0 Å². The highest BCUT2D eigenvalue weighted by molar-refractivity contribution is 7.89. The molecule has 0 amide bonds. The Morgan fingerprint density at radius 3 is 2.80 bits per heavy atom. The summed E-state index contributed by atoms with van der Waals surface area (Å²) in [7, 11) is -3.63. The van der Waals surface area contributed by atoms with Crippen LogP contribution >= 0.6 is 11.6 Å². The lowest BCUT2D eigenvalue weighted by atomic mass is 10.2. The molecular formula is C11H14ClN3O4S. The Morgan fingerprint density at radius 2 is 2.20 bits per heavy atom. The van der Waals surface area contributed by atoms with Gasteiger partial charge in [0, 0.05) is 23.7 Å². The largest absolute Gasteiger partial charge is 0.362 e. The maximum Gasteiger partial charge on any atom is 0.294 e. The van der Waals surface area contributed by atoms with E-state index in [-0.39, 0.29) is 22.5 Å². The zero-order chi connectivity index (χ0) is 14.9. The van der Waals surface area contributed by atoms with Gasteiger partial charge in [0.25, 0.3) is 5.69 Å². The van der Waals surface area contributed by atoms with Crippen molar-refractivity contribution in [3.8, 4) is 0 Å². The van der Waals surface area contributed by atoms with Gasteiger partial charge in [0.2, 0.25) is 10.0 Å². The summed E-state index contributed by atoms with van der Waals surface area (Å²) in [6.45, 7) is 0.558. The first kappa shape index (κ1) is 15.0. The molecule has 0 bridgehead atoms. The van der Waals surface area contributed by atoms with Crippen LogP contribution in [0, 0.1) is 10.1 Å². The second kappa shape index (κ2) is 5.55. The third-order valence-electron chi connectivity index (χ3n) is 3.25. The molecule has 2 N–H and O–H groups in total. The molecule has 2 rings (SSSR count). The summed E-state index contributed by atoms with van der Waals surface area (Å²) >= 11 is 5.77. The van der Waals surface area contributed by atoms with Crippen LogP contribution in [0.15, 0.2) is 18.2 Å². The van der Waals surface area contributed by atoms with Crippen molar-refractivity contribution in [3.63, 3.8) is 0 Å². The Bertz CT molecular complexity index is 635. The minimum atomic E-state index is -3.63. The summed E-state index contributed by atoms with van der Waals surface area (Å²) in [5.74, 6) is -0.215. The summed E-state index contributed by atoms with van der Waals surface area (Å²) in [5, 5.41) is 16.4. The molecule has 0 aromatic heterocycles. The van der Waals surface area contributed by atoms with E-state index in [9.17, 15) is 18.5 Å². The van der Waals surface area contributed by atoms with E-state index in [2.05, 4.69) is 0 Å². The smallest absolute Gasteiger partial charge is 0.294 e. The maximum absolute atomic E-state index is 11.2. The summed E-state index contributed by atoms with van der Waals surface area (Å²) in [6.07, 6.45) is 1.40. The van der Waals surface area contributed by atoms with Gasteiger partial charge in [-0.1, -0.05) is 11.6 Å². The molecule has 20 heavy (non-hydrogen) atoms. The fraction of sp³-hybridized carbons (Fsp3) is 0.455. The summed E-state index contributed by atoms with van der Waals surface area (Å²) in [4.78, 5) is 12.3. The van der Waals surface area contributed by atoms with Crippen molar-refractivity contribution in [1.29, 1.82) is 0 Å². The molecule has 1 aliphatic rings. The van der Waals surface area contributed by atoms with Gasteiger partial charge in [-0.25, -0.2) is 13.6 Å². The number of hydrogen-bond acceptors (Lipinski definition) is 5. The standard InChI is InChI=1S/C11H14ClN3O4S/c12-8-3-4-10(11(6-8)15(16)17)14-5-1-2-9(14)7-20(13,18)19/h3-4,6,9H,1-2,5,7H2,(H2,13,18,19)/t9-/m0/s1. The number of primary sulfonamides is 1. The Labute approximate surface area is 121 Å². The van der Waals surface area contributed by atoms with Crippen LogP contribution in [0.25, 0.3) is 0 Å². The first-order valence-corrected chi connectivity index (χ1v) is 8.08. The number of anilines is 1. The number of benzene rings is 1. The fourth-order valence-corrected chi connectivity index (χ4v) is 3.53. The van der Waals surface area contributed by atoms with Crippen molar-refractivity contribution in [3.05, 3.63) is 33.3 Å². The second-order valence-corrected chi connectivity index (χ2v) is 6.80. The van der Waals surface area contributed by atoms with E-state index >= 15 is 0 Å². The van der Waals surface area contributed by atoms with Crippen LogP contribution in [0.5, 0.6) is 0 Å². The highest BCUT2D eigenvalue weighted by Gasteiger charge is 2.32. The van der Waals surface area contributed by atoms with E-state index < -0.39 is 14.9 Å². The number of rotatable bonds is 4. The van der Waals surface area contributed by atoms with E-state index in [1.807, 2.05) is 0 Å². The van der Waals surface area contributed by atoms with Crippen molar-refractivity contribution in [2.24, 2.45) is 5.14 Å². The number of nitrogens with two attached hydrogens (primary N) is 1. The Morgan fingerprint density at radius 1 is 1.50 bits per heavy atom. The van der Waals surface area contributed by atoms with Crippen molar-refractivity contribution in [2.45, 2.75) is 18.9 Å². The van der Waals surface area contributed by atoms with E-state index in [1.165, 1.54) is 6.07 Å². The Hall–Kier alpha value is -1.38. The highest BCUT2D eigenvalue weighted by atomic mass is 35.5. The molecule has 0 spiro atoms. The van der Waals surface area contributed by atoms with Gasteiger partial charge in [-0.05, 0) is 25.0 Å². The lowest BCUT2D eigenvalue weighted by Crippen LogP contribution is -2.37.